The average molecular weight is 408 g/mol. The molecule has 30 heavy (non-hydrogen) atoms. The zero-order valence-corrected chi connectivity index (χ0v) is 17.1. The maximum Gasteiger partial charge on any atom is 0.290 e. The normalized spacial score (nSPS) is 15.2. The first kappa shape index (κ1) is 21.1. The van der Waals surface area contributed by atoms with Gasteiger partial charge in [0.15, 0.2) is 11.6 Å². The van der Waals surface area contributed by atoms with Crippen LogP contribution in [0.2, 0.25) is 0 Å². The third-order valence-electron chi connectivity index (χ3n) is 4.81. The molecule has 1 aliphatic rings. The Morgan fingerprint density at radius 2 is 1.80 bits per heavy atom. The molecule has 156 valence electrons. The Labute approximate surface area is 174 Å². The fourth-order valence-corrected chi connectivity index (χ4v) is 3.48. The van der Waals surface area contributed by atoms with Gasteiger partial charge in [-0.1, -0.05) is 44.2 Å². The van der Waals surface area contributed by atoms with E-state index in [2.05, 4.69) is 28.9 Å². The molecule has 0 spiro atoms. The maximum atomic E-state index is 13.1. The summed E-state index contributed by atoms with van der Waals surface area (Å²) in [5.74, 6) is 2.31. The second-order valence-corrected chi connectivity index (χ2v) is 7.19. The summed E-state index contributed by atoms with van der Waals surface area (Å²) in [7, 11) is 0. The van der Waals surface area contributed by atoms with Crippen LogP contribution >= 0.6 is 0 Å². The van der Waals surface area contributed by atoms with Crippen LogP contribution in [0.15, 0.2) is 42.7 Å². The number of fused-ring (bicyclic) bond motifs is 1. The topological polar surface area (TPSA) is 114 Å². The van der Waals surface area contributed by atoms with Gasteiger partial charge in [-0.3, -0.25) is 9.59 Å². The lowest BCUT2D eigenvalue weighted by Gasteiger charge is -2.37. The number of amides is 1. The third-order valence-corrected chi connectivity index (χ3v) is 4.81. The lowest BCUT2D eigenvalue weighted by Crippen LogP contribution is -2.44. The smallest absolute Gasteiger partial charge is 0.290 e. The Morgan fingerprint density at radius 1 is 1.17 bits per heavy atom. The van der Waals surface area contributed by atoms with Gasteiger partial charge >= 0.3 is 0 Å². The SMILES string of the molecule is Cc1ncc(C(=O)N2CCn3nc(-c4ccccc4)nc3[C@@H]2C(C)C)cn1.O=CO. The van der Waals surface area contributed by atoms with Crippen molar-refractivity contribution in [1.29, 1.82) is 0 Å². The van der Waals surface area contributed by atoms with Crippen molar-refractivity contribution in [3.63, 3.8) is 0 Å². The van der Waals surface area contributed by atoms with Crippen molar-refractivity contribution in [3.05, 3.63) is 59.9 Å². The van der Waals surface area contributed by atoms with Gasteiger partial charge in [0, 0.05) is 24.5 Å². The summed E-state index contributed by atoms with van der Waals surface area (Å²) in [5, 5.41) is 11.6. The Morgan fingerprint density at radius 3 is 2.40 bits per heavy atom. The molecule has 1 N–H and O–H groups in total. The van der Waals surface area contributed by atoms with Crippen molar-refractivity contribution in [1.82, 2.24) is 29.6 Å². The molecule has 0 unspecified atom stereocenters. The van der Waals surface area contributed by atoms with E-state index in [0.29, 0.717) is 30.3 Å². The Kier molecular flexibility index (Phi) is 6.51. The molecular weight excluding hydrogens is 384 g/mol. The first-order valence-corrected chi connectivity index (χ1v) is 9.64. The van der Waals surface area contributed by atoms with Crippen LogP contribution in [-0.4, -0.2) is 53.7 Å². The van der Waals surface area contributed by atoms with E-state index in [1.165, 1.54) is 0 Å². The molecule has 1 aromatic carbocycles. The van der Waals surface area contributed by atoms with E-state index >= 15 is 0 Å². The van der Waals surface area contributed by atoms with Crippen LogP contribution in [0.25, 0.3) is 11.4 Å². The van der Waals surface area contributed by atoms with E-state index < -0.39 is 0 Å². The van der Waals surface area contributed by atoms with Gasteiger partial charge in [-0.15, -0.1) is 0 Å². The average Bonchev–Trinajstić information content (AvgIpc) is 3.18. The number of benzene rings is 1. The van der Waals surface area contributed by atoms with Crippen molar-refractivity contribution in [2.75, 3.05) is 6.54 Å². The van der Waals surface area contributed by atoms with Gasteiger partial charge in [0.25, 0.3) is 12.4 Å². The fourth-order valence-electron chi connectivity index (χ4n) is 3.48. The van der Waals surface area contributed by atoms with Crippen LogP contribution in [0, 0.1) is 12.8 Å². The van der Waals surface area contributed by atoms with Gasteiger partial charge in [0.2, 0.25) is 0 Å². The van der Waals surface area contributed by atoms with Gasteiger partial charge in [0.05, 0.1) is 18.2 Å². The summed E-state index contributed by atoms with van der Waals surface area (Å²) in [4.78, 5) is 36.4. The molecule has 0 radical (unpaired) electrons. The molecule has 1 amide bonds. The molecule has 0 saturated carbocycles. The minimum atomic E-state index is -0.250. The van der Waals surface area contributed by atoms with Crippen LogP contribution in [0.4, 0.5) is 0 Å². The molecule has 0 aliphatic carbocycles. The van der Waals surface area contributed by atoms with E-state index in [0.717, 1.165) is 11.4 Å². The van der Waals surface area contributed by atoms with Crippen LogP contribution in [0.1, 0.15) is 41.9 Å². The standard InChI is InChI=1S/C20H22N6O.CH2O2/c1-13(2)17-19-23-18(15-7-5-4-6-8-15)24-26(19)10-9-25(17)20(27)16-11-21-14(3)22-12-16;2-1-3/h4-8,11-13,17H,9-10H2,1-3H3;1H,(H,2,3)/t17-;/m0./s1. The summed E-state index contributed by atoms with van der Waals surface area (Å²) in [5.41, 5.74) is 1.48. The van der Waals surface area contributed by atoms with E-state index in [4.69, 9.17) is 14.9 Å². The summed E-state index contributed by atoms with van der Waals surface area (Å²) in [6.45, 7) is 6.96. The number of aryl methyl sites for hydroxylation is 1. The first-order valence-electron chi connectivity index (χ1n) is 9.64. The van der Waals surface area contributed by atoms with Gasteiger partial charge in [-0.2, -0.15) is 5.10 Å². The number of hydrogen-bond donors (Lipinski definition) is 1. The number of nitrogens with zero attached hydrogens (tertiary/aromatic N) is 6. The highest BCUT2D eigenvalue weighted by atomic mass is 16.3. The fraction of sp³-hybridized carbons (Fsp3) is 0.333. The minimum absolute atomic E-state index is 0.0655. The molecule has 4 rings (SSSR count). The molecule has 3 aromatic rings. The first-order chi connectivity index (χ1) is 14.5. The van der Waals surface area contributed by atoms with E-state index in [9.17, 15) is 4.79 Å². The molecular formula is C21H24N6O3. The third kappa shape index (κ3) is 4.35. The highest BCUT2D eigenvalue weighted by Gasteiger charge is 2.36. The van der Waals surface area contributed by atoms with Gasteiger partial charge in [-0.05, 0) is 12.8 Å². The number of hydrogen-bond acceptors (Lipinski definition) is 6. The van der Waals surface area contributed by atoms with Crippen LogP contribution < -0.4 is 0 Å². The number of aromatic nitrogens is 5. The molecule has 1 aliphatic heterocycles. The predicted octanol–water partition coefficient (Wildman–Crippen LogP) is 2.60. The molecule has 3 heterocycles. The van der Waals surface area contributed by atoms with Crippen molar-refractivity contribution in [2.24, 2.45) is 5.92 Å². The molecule has 0 fully saturated rings. The summed E-state index contributed by atoms with van der Waals surface area (Å²) < 4.78 is 1.93. The van der Waals surface area contributed by atoms with Crippen molar-refractivity contribution in [2.45, 2.75) is 33.4 Å². The summed E-state index contributed by atoms with van der Waals surface area (Å²) >= 11 is 0. The Bertz CT molecular complexity index is 1000. The number of carbonyl (C=O) groups is 2. The molecule has 2 aromatic heterocycles. The predicted molar refractivity (Wildman–Crippen MR) is 110 cm³/mol. The monoisotopic (exact) mass is 408 g/mol. The lowest BCUT2D eigenvalue weighted by atomic mass is 9.99. The maximum absolute atomic E-state index is 13.1. The highest BCUT2D eigenvalue weighted by molar-refractivity contribution is 5.94. The Balaban J connectivity index is 0.000000806. The molecule has 9 nitrogen and oxygen atoms in total. The highest BCUT2D eigenvalue weighted by Crippen LogP contribution is 2.33. The second kappa shape index (κ2) is 9.25. The zero-order chi connectivity index (χ0) is 21.7. The minimum Gasteiger partial charge on any atom is -0.483 e. The van der Waals surface area contributed by atoms with Crippen LogP contribution in [-0.2, 0) is 11.3 Å². The summed E-state index contributed by atoms with van der Waals surface area (Å²) in [6, 6.07) is 9.78. The number of rotatable bonds is 3. The van der Waals surface area contributed by atoms with Gasteiger partial charge in [0.1, 0.15) is 5.82 Å². The van der Waals surface area contributed by atoms with Crippen LogP contribution in [0.3, 0.4) is 0 Å². The van der Waals surface area contributed by atoms with E-state index in [1.54, 1.807) is 19.3 Å². The van der Waals surface area contributed by atoms with E-state index in [-0.39, 0.29) is 24.3 Å². The molecule has 0 bridgehead atoms. The lowest BCUT2D eigenvalue weighted by molar-refractivity contribution is -0.122. The van der Waals surface area contributed by atoms with Gasteiger partial charge < -0.3 is 10.0 Å². The zero-order valence-electron chi connectivity index (χ0n) is 17.1. The molecule has 0 saturated heterocycles. The summed E-state index contributed by atoms with van der Waals surface area (Å²) in [6.07, 6.45) is 3.19. The van der Waals surface area contributed by atoms with Crippen molar-refractivity contribution in [3.8, 4) is 11.4 Å². The van der Waals surface area contributed by atoms with Crippen molar-refractivity contribution >= 4 is 12.4 Å². The van der Waals surface area contributed by atoms with Crippen LogP contribution in [0.5, 0.6) is 0 Å². The van der Waals surface area contributed by atoms with Gasteiger partial charge in [-0.25, -0.2) is 19.6 Å². The molecule has 1 atom stereocenters. The van der Waals surface area contributed by atoms with Crippen molar-refractivity contribution < 1.29 is 14.7 Å². The molecule has 9 heteroatoms. The second-order valence-electron chi connectivity index (χ2n) is 7.19. The quantitative estimate of drug-likeness (QED) is 0.663. The Hall–Kier alpha value is -3.62. The number of carboxylic acid groups (broad SMARTS) is 1. The van der Waals surface area contributed by atoms with E-state index in [1.807, 2.05) is 39.9 Å². The number of carbonyl (C=O) groups excluding carboxylic acids is 1. The largest absolute Gasteiger partial charge is 0.483 e.